The molecule has 0 fully saturated rings. The Morgan fingerprint density at radius 1 is 0.806 bits per heavy atom. The van der Waals surface area contributed by atoms with Crippen LogP contribution in [0.5, 0.6) is 0 Å². The molecule has 0 aliphatic rings. The molecule has 0 heterocycles. The van der Waals surface area contributed by atoms with Crippen molar-refractivity contribution in [2.45, 2.75) is 52.7 Å². The van der Waals surface area contributed by atoms with Crippen molar-refractivity contribution in [3.63, 3.8) is 0 Å². The number of nitro benzene ring substituents is 2. The summed E-state index contributed by atoms with van der Waals surface area (Å²) in [5.74, 6) is 0. The van der Waals surface area contributed by atoms with Crippen LogP contribution in [-0.2, 0) is 9.47 Å². The van der Waals surface area contributed by atoms with E-state index in [1.165, 1.54) is 30.3 Å². The molecule has 0 spiro atoms. The molecule has 2 amide bonds. The van der Waals surface area contributed by atoms with E-state index < -0.39 is 38.9 Å². The normalized spacial score (nSPS) is 11.0. The lowest BCUT2D eigenvalue weighted by Crippen LogP contribution is -2.44. The zero-order valence-electron chi connectivity index (χ0n) is 20.4. The van der Waals surface area contributed by atoms with E-state index in [0.717, 1.165) is 0 Å². The molecule has 14 heteroatoms. The third-order valence-corrected chi connectivity index (χ3v) is 4.70. The zero-order chi connectivity index (χ0) is 28.0. The van der Waals surface area contributed by atoms with Gasteiger partial charge in [-0.15, -0.1) is 0 Å². The van der Waals surface area contributed by atoms with Crippen molar-refractivity contribution in [2.24, 2.45) is 0 Å². The predicted molar refractivity (Wildman–Crippen MR) is 141 cm³/mol. The fraction of sp³-hybridized carbons (Fsp3) is 0.364. The largest absolute Gasteiger partial charge is 0.443 e. The summed E-state index contributed by atoms with van der Waals surface area (Å²) in [7, 11) is 0. The number of carbonyl (C=O) groups excluding carboxylic acids is 2. The fourth-order valence-corrected chi connectivity index (χ4v) is 3.09. The third kappa shape index (κ3) is 9.77. The smallest absolute Gasteiger partial charge is 0.424 e. The number of nitrogens with zero attached hydrogens (tertiary/aromatic N) is 3. The summed E-state index contributed by atoms with van der Waals surface area (Å²) in [5, 5.41) is 21.6. The number of nitrogens with two attached hydrogens (primary N) is 1. The molecule has 0 radical (unpaired) electrons. The Morgan fingerprint density at radius 2 is 1.19 bits per heavy atom. The van der Waals surface area contributed by atoms with Crippen molar-refractivity contribution in [1.82, 2.24) is 0 Å². The second kappa shape index (κ2) is 12.1. The first-order valence-corrected chi connectivity index (χ1v) is 11.8. The topological polar surface area (TPSA) is 168 Å². The molecular formula is C22H26Br2N4O8. The van der Waals surface area contributed by atoms with Crippen LogP contribution in [0.1, 0.15) is 41.5 Å². The first-order chi connectivity index (χ1) is 16.3. The number of anilines is 2. The van der Waals surface area contributed by atoms with Gasteiger partial charge in [0.1, 0.15) is 22.6 Å². The van der Waals surface area contributed by atoms with Gasteiger partial charge in [-0.3, -0.25) is 20.2 Å². The Labute approximate surface area is 224 Å². The molecule has 2 N–H and O–H groups in total. The number of carbonyl (C=O) groups is 2. The number of hydrogen-bond donors (Lipinski definition) is 1. The molecule has 0 aliphatic carbocycles. The van der Waals surface area contributed by atoms with E-state index in [4.69, 9.17) is 15.2 Å². The summed E-state index contributed by atoms with van der Waals surface area (Å²) < 4.78 is 11.5. The highest BCUT2D eigenvalue weighted by molar-refractivity contribution is 9.10. The maximum Gasteiger partial charge on any atom is 0.424 e. The number of halogens is 2. The molecule has 2 rings (SSSR count). The van der Waals surface area contributed by atoms with Crippen LogP contribution in [0, 0.1) is 20.2 Å². The number of hydrogen-bond acceptors (Lipinski definition) is 9. The molecule has 0 unspecified atom stereocenters. The van der Waals surface area contributed by atoms with Gasteiger partial charge in [-0.1, -0.05) is 31.9 Å². The SMILES string of the molecule is CC(C)(C)OC(=O)N(C(=O)OC(C)(C)C)c1ccc(Br)cc1[N+](=O)[O-].Nc1ccc(Br)cc1[N+](=O)[O-]. The van der Waals surface area contributed by atoms with Gasteiger partial charge in [-0.2, -0.15) is 4.90 Å². The number of ether oxygens (including phenoxy) is 2. The average molecular weight is 634 g/mol. The number of imide groups is 1. The highest BCUT2D eigenvalue weighted by Crippen LogP contribution is 2.33. The highest BCUT2D eigenvalue weighted by Gasteiger charge is 2.36. The van der Waals surface area contributed by atoms with Crippen LogP contribution in [-0.4, -0.2) is 33.2 Å². The minimum Gasteiger partial charge on any atom is -0.443 e. The van der Waals surface area contributed by atoms with Gasteiger partial charge in [0.15, 0.2) is 0 Å². The number of nitro groups is 2. The summed E-state index contributed by atoms with van der Waals surface area (Å²) in [6, 6.07) is 8.46. The Balaban J connectivity index is 0.000000488. The quantitative estimate of drug-likeness (QED) is 0.213. The minimum absolute atomic E-state index is 0.0700. The molecule has 0 aromatic heterocycles. The van der Waals surface area contributed by atoms with E-state index in [1.54, 1.807) is 47.6 Å². The second-order valence-electron chi connectivity index (χ2n) is 9.15. The standard InChI is InChI=1S/C16H21BrN2O6.C6H5BrN2O2/c1-15(2,3)24-13(20)18(14(21)25-16(4,5)6)11-8-7-10(17)9-12(11)19(22)23;7-4-1-2-5(8)6(3-4)9(10)11/h7-9H,1-6H3;1-3H,8H2. The molecular weight excluding hydrogens is 608 g/mol. The fourth-order valence-electron chi connectivity index (χ4n) is 2.39. The van der Waals surface area contributed by atoms with Crippen LogP contribution in [0.25, 0.3) is 0 Å². The Morgan fingerprint density at radius 3 is 1.56 bits per heavy atom. The zero-order valence-corrected chi connectivity index (χ0v) is 23.6. The van der Waals surface area contributed by atoms with Crippen molar-refractivity contribution in [2.75, 3.05) is 10.6 Å². The Hall–Kier alpha value is -3.26. The Kier molecular flexibility index (Phi) is 10.4. The molecule has 0 bridgehead atoms. The molecule has 36 heavy (non-hydrogen) atoms. The van der Waals surface area contributed by atoms with Gasteiger partial charge < -0.3 is 15.2 Å². The monoisotopic (exact) mass is 632 g/mol. The van der Waals surface area contributed by atoms with Crippen LogP contribution in [0.2, 0.25) is 0 Å². The predicted octanol–water partition coefficient (Wildman–Crippen LogP) is 6.97. The van der Waals surface area contributed by atoms with Crippen LogP contribution >= 0.6 is 31.9 Å². The third-order valence-electron chi connectivity index (χ3n) is 3.72. The van der Waals surface area contributed by atoms with E-state index >= 15 is 0 Å². The van der Waals surface area contributed by atoms with E-state index in [0.29, 0.717) is 13.8 Å². The van der Waals surface area contributed by atoms with Gasteiger partial charge in [-0.05, 0) is 65.8 Å². The molecule has 196 valence electrons. The van der Waals surface area contributed by atoms with Gasteiger partial charge in [0.2, 0.25) is 0 Å². The lowest BCUT2D eigenvalue weighted by Gasteiger charge is -2.28. The van der Waals surface area contributed by atoms with Gasteiger partial charge in [0.25, 0.3) is 11.4 Å². The highest BCUT2D eigenvalue weighted by atomic mass is 79.9. The van der Waals surface area contributed by atoms with Crippen molar-refractivity contribution in [3.8, 4) is 0 Å². The number of rotatable bonds is 3. The molecule has 0 aliphatic heterocycles. The number of nitrogen functional groups attached to an aromatic ring is 1. The Bertz CT molecular complexity index is 1130. The van der Waals surface area contributed by atoms with Gasteiger partial charge in [-0.25, -0.2) is 9.59 Å². The van der Waals surface area contributed by atoms with Gasteiger partial charge in [0, 0.05) is 21.1 Å². The molecule has 0 saturated heterocycles. The van der Waals surface area contributed by atoms with Crippen LogP contribution in [0.4, 0.5) is 32.3 Å². The van der Waals surface area contributed by atoms with E-state index in [9.17, 15) is 29.8 Å². The second-order valence-corrected chi connectivity index (χ2v) is 11.0. The molecule has 2 aromatic rings. The first-order valence-electron chi connectivity index (χ1n) is 10.2. The summed E-state index contributed by atoms with van der Waals surface area (Å²) in [4.78, 5) is 46.0. The van der Waals surface area contributed by atoms with Crippen molar-refractivity contribution >= 4 is 66.8 Å². The minimum atomic E-state index is -1.06. The van der Waals surface area contributed by atoms with Gasteiger partial charge >= 0.3 is 12.2 Å². The summed E-state index contributed by atoms with van der Waals surface area (Å²) in [6.07, 6.45) is -2.13. The lowest BCUT2D eigenvalue weighted by atomic mass is 10.2. The van der Waals surface area contributed by atoms with E-state index in [2.05, 4.69) is 31.9 Å². The molecule has 0 atom stereocenters. The average Bonchev–Trinajstić information content (AvgIpc) is 2.68. The van der Waals surface area contributed by atoms with Crippen molar-refractivity contribution in [3.05, 3.63) is 65.6 Å². The summed E-state index contributed by atoms with van der Waals surface area (Å²) in [5.41, 5.74) is 2.96. The van der Waals surface area contributed by atoms with E-state index in [1.807, 2.05) is 0 Å². The van der Waals surface area contributed by atoms with Crippen LogP contribution < -0.4 is 10.6 Å². The number of amides is 2. The molecule has 0 saturated carbocycles. The summed E-state index contributed by atoms with van der Waals surface area (Å²) >= 11 is 6.23. The molecule has 2 aromatic carbocycles. The first kappa shape index (κ1) is 30.8. The van der Waals surface area contributed by atoms with E-state index in [-0.39, 0.29) is 17.1 Å². The van der Waals surface area contributed by atoms with Gasteiger partial charge in [0.05, 0.1) is 9.85 Å². The maximum atomic E-state index is 12.5. The maximum absolute atomic E-state index is 12.5. The molecule has 12 nitrogen and oxygen atoms in total. The van der Waals surface area contributed by atoms with Crippen molar-refractivity contribution in [1.29, 1.82) is 0 Å². The van der Waals surface area contributed by atoms with Crippen molar-refractivity contribution < 1.29 is 28.9 Å². The number of benzene rings is 2. The van der Waals surface area contributed by atoms with Crippen LogP contribution in [0.15, 0.2) is 45.3 Å². The lowest BCUT2D eigenvalue weighted by molar-refractivity contribution is -0.384. The summed E-state index contributed by atoms with van der Waals surface area (Å²) in [6.45, 7) is 9.72. The van der Waals surface area contributed by atoms with Crippen LogP contribution in [0.3, 0.4) is 0 Å².